The lowest BCUT2D eigenvalue weighted by molar-refractivity contribution is -0.134. The third kappa shape index (κ3) is 5.35. The molecule has 3 aromatic rings. The maximum atomic E-state index is 13.5. The number of hydrogen-bond donors (Lipinski definition) is 1. The molecule has 1 atom stereocenters. The van der Waals surface area contributed by atoms with Gasteiger partial charge in [-0.3, -0.25) is 14.7 Å². The van der Waals surface area contributed by atoms with Gasteiger partial charge in [0.15, 0.2) is 0 Å². The Morgan fingerprint density at radius 1 is 1.03 bits per heavy atom. The molecule has 0 unspecified atom stereocenters. The highest BCUT2D eigenvalue weighted by Crippen LogP contribution is 2.27. The van der Waals surface area contributed by atoms with Crippen LogP contribution in [0, 0.1) is 5.92 Å². The number of benzene rings is 2. The third-order valence-corrected chi connectivity index (χ3v) is 6.11. The largest absolute Gasteiger partial charge is 0.508 e. The molecular weight excluding hydrogens is 398 g/mol. The third-order valence-electron chi connectivity index (χ3n) is 6.11. The summed E-state index contributed by atoms with van der Waals surface area (Å²) >= 11 is 0. The summed E-state index contributed by atoms with van der Waals surface area (Å²) < 4.78 is 0. The molecule has 5 nitrogen and oxygen atoms in total. The van der Waals surface area contributed by atoms with E-state index in [0.717, 1.165) is 49.3 Å². The quantitative estimate of drug-likeness (QED) is 0.606. The Labute approximate surface area is 190 Å². The summed E-state index contributed by atoms with van der Waals surface area (Å²) in [7, 11) is 0. The van der Waals surface area contributed by atoms with Gasteiger partial charge in [0.05, 0.1) is 5.92 Å². The highest BCUT2D eigenvalue weighted by molar-refractivity contribution is 5.80. The fraction of sp³-hybridized carbons (Fsp3) is 0.333. The van der Waals surface area contributed by atoms with Crippen molar-refractivity contribution in [2.45, 2.75) is 26.3 Å². The van der Waals surface area contributed by atoms with Crippen LogP contribution in [0.4, 0.5) is 0 Å². The molecule has 1 fully saturated rings. The maximum Gasteiger partial charge on any atom is 0.227 e. The number of aromatic hydroxyl groups is 1. The van der Waals surface area contributed by atoms with Crippen LogP contribution in [0.25, 0.3) is 11.1 Å². The minimum atomic E-state index is -0.107. The van der Waals surface area contributed by atoms with E-state index >= 15 is 0 Å². The van der Waals surface area contributed by atoms with Gasteiger partial charge in [-0.05, 0) is 59.4 Å². The van der Waals surface area contributed by atoms with Gasteiger partial charge in [0.1, 0.15) is 5.75 Å². The lowest BCUT2D eigenvalue weighted by Gasteiger charge is -2.25. The van der Waals surface area contributed by atoms with Gasteiger partial charge in [-0.15, -0.1) is 0 Å². The molecule has 1 saturated heterocycles. The van der Waals surface area contributed by atoms with Crippen LogP contribution in [-0.2, 0) is 17.8 Å². The number of rotatable bonds is 7. The molecule has 1 aliphatic heterocycles. The first kappa shape index (κ1) is 22.0. The molecule has 1 aliphatic rings. The average Bonchev–Trinajstić information content (AvgIpc) is 2.94. The summed E-state index contributed by atoms with van der Waals surface area (Å²) in [5, 5.41) is 9.85. The number of hydrogen-bond acceptors (Lipinski definition) is 4. The smallest absolute Gasteiger partial charge is 0.227 e. The summed E-state index contributed by atoms with van der Waals surface area (Å²) in [6.07, 6.45) is 5.28. The van der Waals surface area contributed by atoms with Crippen LogP contribution in [0.1, 0.15) is 24.5 Å². The number of phenols is 1. The molecule has 1 N–H and O–H groups in total. The van der Waals surface area contributed by atoms with Gasteiger partial charge < -0.3 is 10.0 Å². The minimum Gasteiger partial charge on any atom is -0.508 e. The van der Waals surface area contributed by atoms with E-state index in [0.29, 0.717) is 13.0 Å². The van der Waals surface area contributed by atoms with Gasteiger partial charge in [-0.25, -0.2) is 0 Å². The Morgan fingerprint density at radius 2 is 1.84 bits per heavy atom. The van der Waals surface area contributed by atoms with Crippen molar-refractivity contribution in [1.29, 1.82) is 0 Å². The van der Waals surface area contributed by atoms with Crippen LogP contribution < -0.4 is 0 Å². The Bertz CT molecular complexity index is 1040. The Hall–Kier alpha value is -3.18. The van der Waals surface area contributed by atoms with Crippen LogP contribution in [0.5, 0.6) is 5.75 Å². The highest BCUT2D eigenvalue weighted by atomic mass is 16.3. The number of carbonyl (C=O) groups excluding carboxylic acids is 1. The zero-order chi connectivity index (χ0) is 22.3. The Morgan fingerprint density at radius 3 is 2.62 bits per heavy atom. The molecule has 166 valence electrons. The molecule has 32 heavy (non-hydrogen) atoms. The number of amides is 1. The van der Waals surface area contributed by atoms with Crippen molar-refractivity contribution < 1.29 is 9.90 Å². The van der Waals surface area contributed by atoms with Crippen LogP contribution in [0.2, 0.25) is 0 Å². The number of pyridine rings is 1. The maximum absolute atomic E-state index is 13.5. The molecule has 2 aromatic carbocycles. The zero-order valence-electron chi connectivity index (χ0n) is 18.7. The molecule has 0 aliphatic carbocycles. The van der Waals surface area contributed by atoms with Gasteiger partial charge >= 0.3 is 0 Å². The number of phenolic OH excluding ortho intramolecular Hbond substituents is 1. The fourth-order valence-electron chi connectivity index (χ4n) is 4.59. The van der Waals surface area contributed by atoms with Gasteiger partial charge in [-0.1, -0.05) is 43.3 Å². The predicted molar refractivity (Wildman–Crippen MR) is 127 cm³/mol. The standard InChI is InChI=1S/C27H31N3O2/c1-2-14-30-16-15-29(19-21-6-5-8-25(31)17-21)20-24(27(30)32)18-23-7-3-4-9-26(23)22-10-12-28-13-11-22/h3-13,17,24,31H,2,14-16,18-20H2,1H3/t24-/m1/s1. The number of carbonyl (C=O) groups is 1. The predicted octanol–water partition coefficient (Wildman–Crippen LogP) is 4.37. The summed E-state index contributed by atoms with van der Waals surface area (Å²) in [6.45, 7) is 5.93. The van der Waals surface area contributed by atoms with E-state index in [9.17, 15) is 9.90 Å². The first-order valence-electron chi connectivity index (χ1n) is 11.4. The van der Waals surface area contributed by atoms with Crippen molar-refractivity contribution >= 4 is 5.91 Å². The lowest BCUT2D eigenvalue weighted by Crippen LogP contribution is -2.37. The second-order valence-corrected chi connectivity index (χ2v) is 8.52. The second-order valence-electron chi connectivity index (χ2n) is 8.52. The number of aromatic nitrogens is 1. The van der Waals surface area contributed by atoms with Gasteiger partial charge in [0, 0.05) is 45.1 Å². The molecule has 0 bridgehead atoms. The van der Waals surface area contributed by atoms with Gasteiger partial charge in [-0.2, -0.15) is 0 Å². The van der Waals surface area contributed by atoms with Crippen LogP contribution in [0.15, 0.2) is 73.1 Å². The van der Waals surface area contributed by atoms with E-state index in [1.54, 1.807) is 6.07 Å². The van der Waals surface area contributed by atoms with E-state index in [1.165, 1.54) is 5.56 Å². The topological polar surface area (TPSA) is 56.7 Å². The molecule has 4 rings (SSSR count). The van der Waals surface area contributed by atoms with Crippen molar-refractivity contribution in [2.75, 3.05) is 26.2 Å². The first-order chi connectivity index (χ1) is 15.6. The van der Waals surface area contributed by atoms with Crippen molar-refractivity contribution in [3.05, 3.63) is 84.2 Å². The lowest BCUT2D eigenvalue weighted by atomic mass is 9.91. The second kappa shape index (κ2) is 10.4. The van der Waals surface area contributed by atoms with Crippen molar-refractivity contribution in [1.82, 2.24) is 14.8 Å². The minimum absolute atomic E-state index is 0.107. The molecule has 5 heteroatoms. The average molecular weight is 430 g/mol. The fourth-order valence-corrected chi connectivity index (χ4v) is 4.59. The Kier molecular flexibility index (Phi) is 7.17. The summed E-state index contributed by atoms with van der Waals surface area (Å²) in [4.78, 5) is 22.0. The molecule has 1 amide bonds. The molecule has 0 radical (unpaired) electrons. The van der Waals surface area contributed by atoms with E-state index in [4.69, 9.17) is 0 Å². The van der Waals surface area contributed by atoms with Crippen molar-refractivity contribution in [3.8, 4) is 16.9 Å². The van der Waals surface area contributed by atoms with E-state index in [2.05, 4.69) is 35.0 Å². The molecule has 1 aromatic heterocycles. The van der Waals surface area contributed by atoms with E-state index in [-0.39, 0.29) is 17.6 Å². The normalized spacial score (nSPS) is 17.3. The summed E-state index contributed by atoms with van der Waals surface area (Å²) in [5.41, 5.74) is 4.54. The van der Waals surface area contributed by atoms with E-state index in [1.807, 2.05) is 53.7 Å². The van der Waals surface area contributed by atoms with Crippen LogP contribution in [0.3, 0.4) is 0 Å². The first-order valence-corrected chi connectivity index (χ1v) is 11.4. The van der Waals surface area contributed by atoms with Crippen molar-refractivity contribution in [2.24, 2.45) is 5.92 Å². The van der Waals surface area contributed by atoms with Crippen molar-refractivity contribution in [3.63, 3.8) is 0 Å². The van der Waals surface area contributed by atoms with Crippen LogP contribution in [-0.4, -0.2) is 52.0 Å². The summed E-state index contributed by atoms with van der Waals surface area (Å²) in [5.74, 6) is 0.419. The zero-order valence-corrected chi connectivity index (χ0v) is 18.7. The monoisotopic (exact) mass is 429 g/mol. The molecule has 0 spiro atoms. The highest BCUT2D eigenvalue weighted by Gasteiger charge is 2.30. The molecular formula is C27H31N3O2. The SMILES string of the molecule is CCCN1CCN(Cc2cccc(O)c2)C[C@@H](Cc2ccccc2-c2ccncc2)C1=O. The molecule has 2 heterocycles. The van der Waals surface area contributed by atoms with Gasteiger partial charge in [0.2, 0.25) is 5.91 Å². The number of nitrogens with zero attached hydrogens (tertiary/aromatic N) is 3. The molecule has 0 saturated carbocycles. The van der Waals surface area contributed by atoms with E-state index < -0.39 is 0 Å². The van der Waals surface area contributed by atoms with Crippen LogP contribution >= 0.6 is 0 Å². The summed E-state index contributed by atoms with van der Waals surface area (Å²) in [6, 6.07) is 19.8. The van der Waals surface area contributed by atoms with Gasteiger partial charge in [0.25, 0.3) is 0 Å². The Balaban J connectivity index is 1.59.